The van der Waals surface area contributed by atoms with Crippen LogP contribution >= 0.6 is 0 Å². The molecule has 2 aromatic carbocycles. The molecule has 4 nitrogen and oxygen atoms in total. The molecule has 3 aromatic rings. The van der Waals surface area contributed by atoms with E-state index in [2.05, 4.69) is 0 Å². The Morgan fingerprint density at radius 3 is 2.65 bits per heavy atom. The second-order valence-corrected chi connectivity index (χ2v) is 4.73. The number of hydrogen-bond donors (Lipinski definition) is 0. The molecule has 3 rings (SSSR count). The predicted octanol–water partition coefficient (Wildman–Crippen LogP) is 2.79. The lowest BCUT2D eigenvalue weighted by atomic mass is 10.1. The molecule has 0 bridgehead atoms. The summed E-state index contributed by atoms with van der Waals surface area (Å²) in [6, 6.07) is 14.7. The third-order valence-electron chi connectivity index (χ3n) is 3.18. The molecule has 0 aliphatic heterocycles. The van der Waals surface area contributed by atoms with Crippen LogP contribution < -0.4 is 5.76 Å². The summed E-state index contributed by atoms with van der Waals surface area (Å²) >= 11 is 0. The number of oxazole rings is 1. The van der Waals surface area contributed by atoms with Crippen molar-refractivity contribution in [2.45, 2.75) is 13.3 Å². The number of hydrogen-bond acceptors (Lipinski definition) is 3. The van der Waals surface area contributed by atoms with Crippen molar-refractivity contribution < 1.29 is 9.21 Å². The molecule has 1 aromatic heterocycles. The summed E-state index contributed by atoms with van der Waals surface area (Å²) in [5.74, 6) is -0.921. The van der Waals surface area contributed by atoms with Gasteiger partial charge in [0.15, 0.2) is 5.58 Å². The van der Waals surface area contributed by atoms with Gasteiger partial charge < -0.3 is 4.42 Å². The van der Waals surface area contributed by atoms with Gasteiger partial charge in [-0.2, -0.15) is 0 Å². The first kappa shape index (κ1) is 12.4. The van der Waals surface area contributed by atoms with Gasteiger partial charge in [-0.25, -0.2) is 9.36 Å². The summed E-state index contributed by atoms with van der Waals surface area (Å²) < 4.78 is 6.22. The SMILES string of the molecule is Cc1ccc2c(c1)oc(=O)n2C(=O)Cc1ccccc1. The predicted molar refractivity (Wildman–Crippen MR) is 76.0 cm³/mol. The Balaban J connectivity index is 2.04. The maximum Gasteiger partial charge on any atom is 0.426 e. The van der Waals surface area contributed by atoms with Gasteiger partial charge in [-0.3, -0.25) is 4.79 Å². The third-order valence-corrected chi connectivity index (χ3v) is 3.18. The normalized spacial score (nSPS) is 10.8. The fourth-order valence-corrected chi connectivity index (χ4v) is 2.21. The first-order chi connectivity index (χ1) is 9.65. The van der Waals surface area contributed by atoms with Gasteiger partial charge in [0.05, 0.1) is 11.9 Å². The zero-order valence-corrected chi connectivity index (χ0v) is 11.0. The molecule has 0 saturated heterocycles. The highest BCUT2D eigenvalue weighted by molar-refractivity contribution is 5.90. The van der Waals surface area contributed by atoms with Crippen LogP contribution in [0.5, 0.6) is 0 Å². The Morgan fingerprint density at radius 2 is 1.90 bits per heavy atom. The van der Waals surface area contributed by atoms with Crippen LogP contribution in [0.15, 0.2) is 57.7 Å². The molecule has 0 unspecified atom stereocenters. The van der Waals surface area contributed by atoms with Crippen LogP contribution in [0.4, 0.5) is 0 Å². The molecular weight excluding hydrogens is 254 g/mol. The molecule has 0 radical (unpaired) electrons. The van der Waals surface area contributed by atoms with Crippen LogP contribution in [0.2, 0.25) is 0 Å². The topological polar surface area (TPSA) is 52.2 Å². The van der Waals surface area contributed by atoms with E-state index in [4.69, 9.17) is 4.42 Å². The lowest BCUT2D eigenvalue weighted by Crippen LogP contribution is -2.24. The van der Waals surface area contributed by atoms with Crippen LogP contribution in [-0.2, 0) is 6.42 Å². The fraction of sp³-hybridized carbons (Fsp3) is 0.125. The molecule has 4 heteroatoms. The third kappa shape index (κ3) is 2.16. The van der Waals surface area contributed by atoms with E-state index in [1.807, 2.05) is 43.3 Å². The molecule has 1 heterocycles. The molecule has 20 heavy (non-hydrogen) atoms. The fourth-order valence-electron chi connectivity index (χ4n) is 2.21. The summed E-state index contributed by atoms with van der Waals surface area (Å²) in [4.78, 5) is 24.2. The maximum atomic E-state index is 12.3. The Bertz CT molecular complexity index is 828. The van der Waals surface area contributed by atoms with Gasteiger partial charge >= 0.3 is 5.76 Å². The highest BCUT2D eigenvalue weighted by Crippen LogP contribution is 2.15. The van der Waals surface area contributed by atoms with E-state index in [1.54, 1.807) is 12.1 Å². The number of rotatable bonds is 2. The number of nitrogens with zero attached hydrogens (tertiary/aromatic N) is 1. The van der Waals surface area contributed by atoms with Crippen LogP contribution in [-0.4, -0.2) is 10.5 Å². The van der Waals surface area contributed by atoms with Crippen molar-refractivity contribution in [3.05, 3.63) is 70.2 Å². The molecule has 100 valence electrons. The zero-order valence-electron chi connectivity index (χ0n) is 11.0. The van der Waals surface area contributed by atoms with E-state index >= 15 is 0 Å². The number of fused-ring (bicyclic) bond motifs is 1. The van der Waals surface area contributed by atoms with Crippen LogP contribution in [0.1, 0.15) is 15.9 Å². The summed E-state index contributed by atoms with van der Waals surface area (Å²) in [6.45, 7) is 1.91. The largest absolute Gasteiger partial charge is 0.426 e. The minimum absolute atomic E-state index is 0.170. The smallest absolute Gasteiger partial charge is 0.407 e. The van der Waals surface area contributed by atoms with Crippen molar-refractivity contribution in [2.75, 3.05) is 0 Å². The molecule has 0 atom stereocenters. The lowest BCUT2D eigenvalue weighted by molar-refractivity contribution is 0.0910. The van der Waals surface area contributed by atoms with E-state index in [9.17, 15) is 9.59 Å². The number of aryl methyl sites for hydroxylation is 1. The number of carbonyl (C=O) groups excluding carboxylic acids is 1. The minimum Gasteiger partial charge on any atom is -0.407 e. The molecule has 0 spiro atoms. The quantitative estimate of drug-likeness (QED) is 0.717. The molecule has 0 saturated carbocycles. The standard InChI is InChI=1S/C16H13NO3/c1-11-7-8-13-14(9-11)20-16(19)17(13)15(18)10-12-5-3-2-4-6-12/h2-9H,10H2,1H3. The second kappa shape index (κ2) is 4.81. The van der Waals surface area contributed by atoms with Crippen molar-refractivity contribution in [1.82, 2.24) is 4.57 Å². The average Bonchev–Trinajstić information content (AvgIpc) is 2.74. The van der Waals surface area contributed by atoms with Gasteiger partial charge in [0.2, 0.25) is 5.91 Å². The number of benzene rings is 2. The first-order valence-electron chi connectivity index (χ1n) is 6.34. The summed E-state index contributed by atoms with van der Waals surface area (Å²) in [6.07, 6.45) is 0.170. The minimum atomic E-state index is -0.633. The average molecular weight is 267 g/mol. The molecule has 0 amide bonds. The van der Waals surface area contributed by atoms with Crippen LogP contribution in [0, 0.1) is 6.92 Å². The summed E-state index contributed by atoms with van der Waals surface area (Å²) in [7, 11) is 0. The van der Waals surface area contributed by atoms with Gasteiger partial charge in [-0.15, -0.1) is 0 Å². The van der Waals surface area contributed by atoms with Crippen molar-refractivity contribution in [1.29, 1.82) is 0 Å². The number of carbonyl (C=O) groups is 1. The molecule has 0 fully saturated rings. The molecule has 0 N–H and O–H groups in total. The Morgan fingerprint density at radius 1 is 1.15 bits per heavy atom. The van der Waals surface area contributed by atoms with E-state index in [0.717, 1.165) is 15.7 Å². The van der Waals surface area contributed by atoms with Crippen molar-refractivity contribution in [3.8, 4) is 0 Å². The second-order valence-electron chi connectivity index (χ2n) is 4.73. The lowest BCUT2D eigenvalue weighted by Gasteiger charge is -2.01. The Hall–Kier alpha value is -2.62. The summed E-state index contributed by atoms with van der Waals surface area (Å²) in [5.41, 5.74) is 2.80. The van der Waals surface area contributed by atoms with Gasteiger partial charge in [0, 0.05) is 0 Å². The Labute approximate surface area is 115 Å². The van der Waals surface area contributed by atoms with Crippen molar-refractivity contribution in [2.24, 2.45) is 0 Å². The van der Waals surface area contributed by atoms with Gasteiger partial charge in [-0.05, 0) is 30.2 Å². The van der Waals surface area contributed by atoms with Crippen molar-refractivity contribution >= 4 is 17.0 Å². The van der Waals surface area contributed by atoms with Crippen LogP contribution in [0.25, 0.3) is 11.1 Å². The van der Waals surface area contributed by atoms with Gasteiger partial charge in [0.1, 0.15) is 0 Å². The van der Waals surface area contributed by atoms with E-state index in [0.29, 0.717) is 11.1 Å². The molecule has 0 aliphatic carbocycles. The van der Waals surface area contributed by atoms with Crippen molar-refractivity contribution in [3.63, 3.8) is 0 Å². The van der Waals surface area contributed by atoms with E-state index < -0.39 is 5.76 Å². The highest BCUT2D eigenvalue weighted by Gasteiger charge is 2.16. The summed E-state index contributed by atoms with van der Waals surface area (Å²) in [5, 5.41) is 0. The van der Waals surface area contributed by atoms with Crippen LogP contribution in [0.3, 0.4) is 0 Å². The number of aromatic nitrogens is 1. The first-order valence-corrected chi connectivity index (χ1v) is 6.34. The molecule has 0 aliphatic rings. The van der Waals surface area contributed by atoms with Gasteiger partial charge in [-0.1, -0.05) is 36.4 Å². The molecular formula is C16H13NO3. The van der Waals surface area contributed by atoms with E-state index in [-0.39, 0.29) is 12.3 Å². The highest BCUT2D eigenvalue weighted by atomic mass is 16.4. The Kier molecular flexibility index (Phi) is 2.99. The van der Waals surface area contributed by atoms with E-state index in [1.165, 1.54) is 0 Å². The van der Waals surface area contributed by atoms with Gasteiger partial charge in [0.25, 0.3) is 0 Å². The zero-order chi connectivity index (χ0) is 14.1. The monoisotopic (exact) mass is 267 g/mol. The maximum absolute atomic E-state index is 12.3.